The normalized spacial score (nSPS) is 11.3. The van der Waals surface area contributed by atoms with Gasteiger partial charge in [-0.1, -0.05) is 6.07 Å². The van der Waals surface area contributed by atoms with Crippen LogP contribution in [0.4, 0.5) is 4.79 Å². The largest absolute Gasteiger partial charge is 0.464 e. The molecule has 0 aliphatic carbocycles. The number of pyridine rings is 1. The first-order valence-electron chi connectivity index (χ1n) is 13.6. The molecule has 0 spiro atoms. The number of rotatable bonds is 10. The molecule has 0 aliphatic rings. The predicted molar refractivity (Wildman–Crippen MR) is 151 cm³/mol. The number of esters is 2. The van der Waals surface area contributed by atoms with Gasteiger partial charge in [0.25, 0.3) is 0 Å². The van der Waals surface area contributed by atoms with Crippen molar-refractivity contribution >= 4 is 18.0 Å². The molecule has 16 nitrogen and oxygen atoms in total. The van der Waals surface area contributed by atoms with Crippen LogP contribution in [0.15, 0.2) is 54.7 Å². The molecule has 0 aliphatic heterocycles. The molecule has 1 N–H and O–H groups in total. The summed E-state index contributed by atoms with van der Waals surface area (Å²) in [5.74, 6) is -0.811. The maximum Gasteiger partial charge on any atom is 0.407 e. The highest BCUT2D eigenvalue weighted by molar-refractivity contribution is 5.89. The first kappa shape index (κ1) is 30.7. The van der Waals surface area contributed by atoms with Crippen LogP contribution in [0.5, 0.6) is 0 Å². The van der Waals surface area contributed by atoms with Crippen LogP contribution in [0.3, 0.4) is 0 Å². The van der Waals surface area contributed by atoms with E-state index in [0.717, 1.165) is 6.26 Å². The molecule has 0 saturated carbocycles. The van der Waals surface area contributed by atoms with E-state index >= 15 is 0 Å². The van der Waals surface area contributed by atoms with Crippen molar-refractivity contribution in [3.63, 3.8) is 0 Å². The van der Waals surface area contributed by atoms with Gasteiger partial charge in [0.1, 0.15) is 41.5 Å². The molecular formula is C29H28N6O10. The van der Waals surface area contributed by atoms with Crippen LogP contribution in [-0.4, -0.2) is 68.8 Å². The number of aromatic nitrogens is 5. The highest BCUT2D eigenvalue weighted by atomic mass is 16.6. The van der Waals surface area contributed by atoms with Gasteiger partial charge in [-0.05, 0) is 39.8 Å². The van der Waals surface area contributed by atoms with Gasteiger partial charge >= 0.3 is 18.0 Å². The smallest absolute Gasteiger partial charge is 0.407 e. The number of nitrogens with one attached hydrogen (secondary N) is 1. The minimum Gasteiger partial charge on any atom is -0.464 e. The lowest BCUT2D eigenvalue weighted by Gasteiger charge is -2.19. The molecular weight excluding hydrogens is 592 g/mol. The lowest BCUT2D eigenvalue weighted by molar-refractivity contribution is 0.0515. The Labute approximate surface area is 255 Å². The topological polar surface area (TPSA) is 208 Å². The number of oxazole rings is 4. The Balaban J connectivity index is 1.34. The number of amides is 1. The zero-order valence-electron chi connectivity index (χ0n) is 24.9. The van der Waals surface area contributed by atoms with Gasteiger partial charge < -0.3 is 37.2 Å². The zero-order valence-corrected chi connectivity index (χ0v) is 24.9. The van der Waals surface area contributed by atoms with Crippen molar-refractivity contribution in [1.29, 1.82) is 0 Å². The molecule has 0 radical (unpaired) electrons. The van der Waals surface area contributed by atoms with Crippen LogP contribution in [0.2, 0.25) is 0 Å². The number of hydrogen-bond acceptors (Lipinski definition) is 15. The molecule has 0 aromatic carbocycles. The fraction of sp³-hybridized carbons (Fsp3) is 0.310. The lowest BCUT2D eigenvalue weighted by atomic mass is 10.2. The van der Waals surface area contributed by atoms with Gasteiger partial charge in [0.05, 0.1) is 13.7 Å². The van der Waals surface area contributed by atoms with E-state index in [1.807, 2.05) is 0 Å². The van der Waals surface area contributed by atoms with Gasteiger partial charge in [0, 0.05) is 13.0 Å². The van der Waals surface area contributed by atoms with Gasteiger partial charge in [0.2, 0.25) is 23.6 Å². The second-order valence-electron chi connectivity index (χ2n) is 10.2. The van der Waals surface area contributed by atoms with Crippen molar-refractivity contribution < 1.29 is 46.3 Å². The van der Waals surface area contributed by atoms with Crippen molar-refractivity contribution in [2.75, 3.05) is 20.3 Å². The Morgan fingerprint density at radius 2 is 1.42 bits per heavy atom. The van der Waals surface area contributed by atoms with Crippen LogP contribution in [0, 0.1) is 0 Å². The minimum absolute atomic E-state index is 0.00564. The zero-order chi connectivity index (χ0) is 32.1. The molecule has 0 unspecified atom stereocenters. The van der Waals surface area contributed by atoms with Gasteiger partial charge in [0.15, 0.2) is 22.8 Å². The van der Waals surface area contributed by atoms with Gasteiger partial charge in [-0.15, -0.1) is 0 Å². The highest BCUT2D eigenvalue weighted by Crippen LogP contribution is 2.28. The third-order valence-corrected chi connectivity index (χ3v) is 5.72. The van der Waals surface area contributed by atoms with Crippen LogP contribution in [0.25, 0.3) is 46.3 Å². The molecule has 0 bridgehead atoms. The van der Waals surface area contributed by atoms with Crippen LogP contribution >= 0.6 is 0 Å². The van der Waals surface area contributed by atoms with E-state index in [1.54, 1.807) is 45.9 Å². The molecule has 0 atom stereocenters. The summed E-state index contributed by atoms with van der Waals surface area (Å²) in [7, 11) is 1.23. The van der Waals surface area contributed by atoms with Gasteiger partial charge in [-0.3, -0.25) is 0 Å². The first-order chi connectivity index (χ1) is 21.5. The van der Waals surface area contributed by atoms with Crippen LogP contribution in [0.1, 0.15) is 54.4 Å². The molecule has 1 amide bonds. The average Bonchev–Trinajstić information content (AvgIpc) is 3.82. The fourth-order valence-corrected chi connectivity index (χ4v) is 3.82. The highest BCUT2D eigenvalue weighted by Gasteiger charge is 2.25. The SMILES string of the molecule is CCOC(=O)c1nc(-c2coc(-c3cccc(-c4nc(-c5nc(C(=O)OC)co5)co4)n3)n2)oc1CCNC(=O)OC(C)(C)C. The summed E-state index contributed by atoms with van der Waals surface area (Å²) in [5, 5.41) is 2.61. The van der Waals surface area contributed by atoms with Gasteiger partial charge in [-0.2, -0.15) is 0 Å². The van der Waals surface area contributed by atoms with E-state index in [-0.39, 0.29) is 71.7 Å². The number of ether oxygens (including phenoxy) is 3. The van der Waals surface area contributed by atoms with E-state index in [4.69, 9.17) is 27.1 Å². The molecule has 16 heteroatoms. The summed E-state index contributed by atoms with van der Waals surface area (Å²) in [6.07, 6.45) is 3.29. The Kier molecular flexibility index (Phi) is 8.74. The van der Waals surface area contributed by atoms with Crippen molar-refractivity contribution in [2.24, 2.45) is 0 Å². The molecule has 5 rings (SSSR count). The van der Waals surface area contributed by atoms with Crippen molar-refractivity contribution in [3.05, 3.63) is 54.1 Å². The third-order valence-electron chi connectivity index (χ3n) is 5.72. The van der Waals surface area contributed by atoms with E-state index in [0.29, 0.717) is 11.4 Å². The van der Waals surface area contributed by atoms with E-state index in [2.05, 4.69) is 35.0 Å². The summed E-state index contributed by atoms with van der Waals surface area (Å²) in [6, 6.07) is 5.02. The van der Waals surface area contributed by atoms with Crippen molar-refractivity contribution in [2.45, 2.75) is 39.7 Å². The first-order valence-corrected chi connectivity index (χ1v) is 13.6. The maximum absolute atomic E-state index is 12.6. The Bertz CT molecular complexity index is 1830. The number of methoxy groups -OCH3 is 1. The average molecular weight is 621 g/mol. The Morgan fingerprint density at radius 3 is 2.04 bits per heavy atom. The summed E-state index contributed by atoms with van der Waals surface area (Å²) in [4.78, 5) is 57.9. The van der Waals surface area contributed by atoms with Crippen LogP contribution in [-0.2, 0) is 20.6 Å². The molecule has 0 fully saturated rings. The van der Waals surface area contributed by atoms with E-state index in [9.17, 15) is 14.4 Å². The number of hydrogen-bond donors (Lipinski definition) is 1. The minimum atomic E-state index is -0.686. The van der Waals surface area contributed by atoms with Crippen molar-refractivity contribution in [1.82, 2.24) is 30.2 Å². The monoisotopic (exact) mass is 620 g/mol. The van der Waals surface area contributed by atoms with Gasteiger partial charge in [-0.25, -0.2) is 39.3 Å². The second kappa shape index (κ2) is 12.8. The summed E-state index contributed by atoms with van der Waals surface area (Å²) >= 11 is 0. The maximum atomic E-state index is 12.6. The fourth-order valence-electron chi connectivity index (χ4n) is 3.82. The predicted octanol–water partition coefficient (Wildman–Crippen LogP) is 4.73. The molecule has 5 heterocycles. The van der Waals surface area contributed by atoms with E-state index in [1.165, 1.54) is 19.6 Å². The lowest BCUT2D eigenvalue weighted by Crippen LogP contribution is -2.33. The number of carbonyl (C=O) groups is 3. The van der Waals surface area contributed by atoms with E-state index < -0.39 is 23.6 Å². The number of nitrogens with zero attached hydrogens (tertiary/aromatic N) is 5. The summed E-state index contributed by atoms with van der Waals surface area (Å²) in [5.41, 5.74) is 0.390. The molecule has 234 valence electrons. The Hall–Kier alpha value is -5.80. The molecule has 5 aromatic rings. The molecule has 5 aromatic heterocycles. The quantitative estimate of drug-likeness (QED) is 0.165. The molecule has 45 heavy (non-hydrogen) atoms. The number of alkyl carbamates (subject to hydrolysis) is 1. The molecule has 0 saturated heterocycles. The summed E-state index contributed by atoms with van der Waals surface area (Å²) < 4.78 is 37.3. The van der Waals surface area contributed by atoms with Crippen molar-refractivity contribution in [3.8, 4) is 46.3 Å². The number of carbonyl (C=O) groups excluding carboxylic acids is 3. The standard InChI is InChI=1S/C29H28N6O10/c1-6-40-27(37)21-20(10-11-30-28(38)45-29(2,3)4)44-25(35-21)18-13-42-23(33-18)16-9-7-8-15(31-16)22-32-17(12-41-22)24-34-19(14-43-24)26(36)39-5/h7-9,12-14H,6,10-11H2,1-5H3,(H,30,38). The third kappa shape index (κ3) is 7.23. The summed E-state index contributed by atoms with van der Waals surface area (Å²) in [6.45, 7) is 7.16. The second-order valence-corrected chi connectivity index (χ2v) is 10.2. The Morgan fingerprint density at radius 1 is 0.800 bits per heavy atom. The van der Waals surface area contributed by atoms with Crippen LogP contribution < -0.4 is 5.32 Å².